The fraction of sp³-hybridized carbons (Fsp3) is 0.0435. The Hall–Kier alpha value is -9.98. The third-order valence-corrected chi connectivity index (χ3v) is 14.6. The van der Waals surface area contributed by atoms with Crippen LogP contribution in [0, 0.1) is 0 Å². The van der Waals surface area contributed by atoms with Crippen LogP contribution in [0.4, 0.5) is 51.2 Å². The molecule has 12 aromatic carbocycles. The summed E-state index contributed by atoms with van der Waals surface area (Å²) in [5.74, 6) is 2.34. The Morgan fingerprint density at radius 1 is 0.263 bits per heavy atom. The molecule has 7 nitrogen and oxygen atoms in total. The van der Waals surface area contributed by atoms with Crippen molar-refractivity contribution in [2.45, 2.75) is 0 Å². The molecule has 0 saturated heterocycles. The Morgan fingerprint density at radius 2 is 0.579 bits per heavy atom. The fourth-order valence-corrected chi connectivity index (χ4v) is 11.1. The van der Waals surface area contributed by atoms with Crippen molar-refractivity contribution in [3.63, 3.8) is 0 Å². The van der Waals surface area contributed by atoms with Gasteiger partial charge in [0, 0.05) is 84.9 Å². The number of fused-ring (bicyclic) bond motifs is 6. The topological polar surface area (TPSA) is 42.3 Å². The van der Waals surface area contributed by atoms with E-state index >= 15 is 0 Å². The summed E-state index contributed by atoms with van der Waals surface area (Å²) in [5.41, 5.74) is 12.3. The van der Waals surface area contributed by atoms with Gasteiger partial charge in [-0.1, -0.05) is 133 Å². The van der Waals surface area contributed by atoms with Crippen molar-refractivity contribution in [3.8, 4) is 22.9 Å². The number of nitrogens with zero attached hydrogens (tertiary/aromatic N) is 4. The van der Waals surface area contributed by atoms with E-state index in [2.05, 4.69) is 262 Å². The van der Waals surface area contributed by atoms with E-state index in [0.29, 0.717) is 0 Å². The molecule has 0 fully saturated rings. The SMILES string of the molecule is COc1cccc(N(c2cccc(-n3c4ccc(N(c5cccc(OC)c5)c5cccc6ccccc56)cc4c4cc(N(c5cccc(OC)c5)c5cccc6ccccc56)ccc43)c2)c2cccc3ccccc23)c1. The van der Waals surface area contributed by atoms with E-state index in [1.807, 2.05) is 18.2 Å². The summed E-state index contributed by atoms with van der Waals surface area (Å²) in [6.07, 6.45) is 0. The quantitative estimate of drug-likeness (QED) is 0.115. The van der Waals surface area contributed by atoms with E-state index in [-0.39, 0.29) is 0 Å². The highest BCUT2D eigenvalue weighted by Gasteiger charge is 2.24. The molecule has 0 saturated carbocycles. The van der Waals surface area contributed by atoms with Crippen molar-refractivity contribution >= 4 is 105 Å². The molecular formula is C69H52N4O3. The fourth-order valence-electron chi connectivity index (χ4n) is 11.1. The molecule has 0 aliphatic rings. The number of ether oxygens (including phenoxy) is 3. The first kappa shape index (κ1) is 45.9. The van der Waals surface area contributed by atoms with Crippen LogP contribution in [-0.4, -0.2) is 25.9 Å². The van der Waals surface area contributed by atoms with Crippen LogP contribution < -0.4 is 28.9 Å². The molecule has 1 aromatic heterocycles. The van der Waals surface area contributed by atoms with Crippen LogP contribution in [0.25, 0.3) is 59.8 Å². The minimum atomic E-state index is 0.780. The van der Waals surface area contributed by atoms with Gasteiger partial charge in [0.15, 0.2) is 0 Å². The lowest BCUT2D eigenvalue weighted by Gasteiger charge is -2.28. The van der Waals surface area contributed by atoms with E-state index < -0.39 is 0 Å². The number of aromatic nitrogens is 1. The Morgan fingerprint density at radius 3 is 0.961 bits per heavy atom. The van der Waals surface area contributed by atoms with Crippen molar-refractivity contribution in [2.24, 2.45) is 0 Å². The van der Waals surface area contributed by atoms with Gasteiger partial charge in [-0.3, -0.25) is 0 Å². The summed E-state index contributed by atoms with van der Waals surface area (Å²) in [7, 11) is 5.16. The lowest BCUT2D eigenvalue weighted by molar-refractivity contribution is 0.415. The van der Waals surface area contributed by atoms with Gasteiger partial charge in [0.2, 0.25) is 0 Å². The zero-order chi connectivity index (χ0) is 51.1. The Bertz CT molecular complexity index is 4110. The molecule has 0 unspecified atom stereocenters. The van der Waals surface area contributed by atoms with E-state index in [0.717, 1.165) is 128 Å². The standard InChI is InChI=1S/C69H52N4O3/c1-74-57-28-14-25-52(42-57)70(65-34-10-20-47-17-4-7-31-60(47)65)50-23-13-24-51(41-50)73-68-39-37-55(71(53-26-15-29-58(43-53)75-2)66-35-11-21-48-18-5-8-32-61(48)66)45-63(68)64-46-56(38-40-69(64)73)72(54-27-16-30-59(44-54)76-3)67-36-12-22-49-19-6-9-33-62(49)67/h4-46H,1-3H3. The van der Waals surface area contributed by atoms with Gasteiger partial charge < -0.3 is 33.5 Å². The lowest BCUT2D eigenvalue weighted by Crippen LogP contribution is -2.11. The largest absolute Gasteiger partial charge is 0.497 e. The van der Waals surface area contributed by atoms with Gasteiger partial charge in [-0.2, -0.15) is 0 Å². The molecule has 0 aliphatic heterocycles. The van der Waals surface area contributed by atoms with Crippen LogP contribution in [0.2, 0.25) is 0 Å². The molecule has 0 amide bonds. The summed E-state index contributed by atoms with van der Waals surface area (Å²) in [4.78, 5) is 7.05. The smallest absolute Gasteiger partial charge is 0.120 e. The van der Waals surface area contributed by atoms with Crippen LogP contribution in [0.3, 0.4) is 0 Å². The Labute approximate surface area is 441 Å². The zero-order valence-electron chi connectivity index (χ0n) is 42.3. The van der Waals surface area contributed by atoms with Crippen molar-refractivity contribution < 1.29 is 14.2 Å². The molecule has 0 bridgehead atoms. The van der Waals surface area contributed by atoms with E-state index in [9.17, 15) is 0 Å². The van der Waals surface area contributed by atoms with Gasteiger partial charge in [0.25, 0.3) is 0 Å². The Kier molecular flexibility index (Phi) is 11.7. The molecule has 76 heavy (non-hydrogen) atoms. The molecule has 13 rings (SSSR count). The molecule has 366 valence electrons. The van der Waals surface area contributed by atoms with E-state index in [4.69, 9.17) is 14.2 Å². The summed E-state index contributed by atoms with van der Waals surface area (Å²) in [5, 5.41) is 9.10. The summed E-state index contributed by atoms with van der Waals surface area (Å²) in [6.45, 7) is 0. The normalized spacial score (nSPS) is 11.4. The molecule has 0 spiro atoms. The van der Waals surface area contributed by atoms with Gasteiger partial charge in [-0.25, -0.2) is 0 Å². The first-order valence-electron chi connectivity index (χ1n) is 25.5. The summed E-state index contributed by atoms with van der Waals surface area (Å²) < 4.78 is 20.0. The second-order valence-corrected chi connectivity index (χ2v) is 18.9. The minimum Gasteiger partial charge on any atom is -0.497 e. The summed E-state index contributed by atoms with van der Waals surface area (Å²) >= 11 is 0. The number of hydrogen-bond acceptors (Lipinski definition) is 6. The lowest BCUT2D eigenvalue weighted by atomic mass is 10.0. The number of benzene rings is 12. The molecule has 0 radical (unpaired) electrons. The highest BCUT2D eigenvalue weighted by Crippen LogP contribution is 2.47. The first-order chi connectivity index (χ1) is 37.5. The van der Waals surface area contributed by atoms with Crippen molar-refractivity contribution in [2.75, 3.05) is 36.0 Å². The molecular weight excluding hydrogens is 933 g/mol. The molecule has 1 heterocycles. The van der Waals surface area contributed by atoms with E-state index in [1.165, 1.54) is 0 Å². The van der Waals surface area contributed by atoms with Crippen LogP contribution in [0.5, 0.6) is 17.2 Å². The maximum Gasteiger partial charge on any atom is 0.120 e. The predicted octanol–water partition coefficient (Wildman–Crippen LogP) is 18.7. The van der Waals surface area contributed by atoms with Crippen LogP contribution in [0.1, 0.15) is 0 Å². The number of methoxy groups -OCH3 is 3. The summed E-state index contributed by atoms with van der Waals surface area (Å²) in [6, 6.07) is 92.9. The van der Waals surface area contributed by atoms with Gasteiger partial charge in [-0.05, 0) is 125 Å². The average Bonchev–Trinajstić information content (AvgIpc) is 3.85. The first-order valence-corrected chi connectivity index (χ1v) is 25.5. The van der Waals surface area contributed by atoms with Crippen LogP contribution >= 0.6 is 0 Å². The second kappa shape index (κ2) is 19.5. The minimum absolute atomic E-state index is 0.780. The highest BCUT2D eigenvalue weighted by atomic mass is 16.5. The zero-order valence-corrected chi connectivity index (χ0v) is 42.3. The molecule has 0 N–H and O–H groups in total. The number of hydrogen-bond donors (Lipinski definition) is 0. The third kappa shape index (κ3) is 8.11. The third-order valence-electron chi connectivity index (χ3n) is 14.6. The van der Waals surface area contributed by atoms with Crippen molar-refractivity contribution in [3.05, 3.63) is 261 Å². The van der Waals surface area contributed by atoms with Crippen LogP contribution in [0.15, 0.2) is 261 Å². The maximum absolute atomic E-state index is 5.86. The van der Waals surface area contributed by atoms with Gasteiger partial charge >= 0.3 is 0 Å². The highest BCUT2D eigenvalue weighted by molar-refractivity contribution is 6.13. The Balaban J connectivity index is 1.08. The monoisotopic (exact) mass is 984 g/mol. The van der Waals surface area contributed by atoms with Gasteiger partial charge in [0.1, 0.15) is 17.2 Å². The number of rotatable bonds is 13. The van der Waals surface area contributed by atoms with Gasteiger partial charge in [0.05, 0.1) is 49.4 Å². The van der Waals surface area contributed by atoms with Crippen molar-refractivity contribution in [1.82, 2.24) is 4.57 Å². The van der Waals surface area contributed by atoms with Crippen LogP contribution in [-0.2, 0) is 0 Å². The maximum atomic E-state index is 5.86. The van der Waals surface area contributed by atoms with Crippen molar-refractivity contribution in [1.29, 1.82) is 0 Å². The predicted molar refractivity (Wildman–Crippen MR) is 317 cm³/mol. The molecule has 0 atom stereocenters. The second-order valence-electron chi connectivity index (χ2n) is 18.9. The van der Waals surface area contributed by atoms with E-state index in [1.54, 1.807) is 21.3 Å². The number of anilines is 9. The van der Waals surface area contributed by atoms with Gasteiger partial charge in [-0.15, -0.1) is 0 Å². The molecule has 13 aromatic rings. The molecule has 7 heteroatoms. The molecule has 0 aliphatic carbocycles. The average molecular weight is 985 g/mol.